The second-order valence-corrected chi connectivity index (χ2v) is 3.21. The molecule has 1 aromatic rings. The highest BCUT2D eigenvalue weighted by atomic mass is 16.5. The summed E-state index contributed by atoms with van der Waals surface area (Å²) in [6, 6.07) is 0. The van der Waals surface area contributed by atoms with Gasteiger partial charge < -0.3 is 4.74 Å². The van der Waals surface area contributed by atoms with Crippen LogP contribution in [0.3, 0.4) is 0 Å². The van der Waals surface area contributed by atoms with Crippen LogP contribution in [0.15, 0.2) is 17.4 Å². The molecule has 0 radical (unpaired) electrons. The molecule has 0 saturated heterocycles. The lowest BCUT2D eigenvalue weighted by Gasteiger charge is -2.00. The van der Waals surface area contributed by atoms with Gasteiger partial charge in [-0.2, -0.15) is 5.10 Å². The standard InChI is InChI=1S/C10H13N5O2/c1-15-9(10(16)17-2)8(7-13-15)5-3-4-6-12-14-11/h3,5,7H,4,6H2,1-2H3. The van der Waals surface area contributed by atoms with Crippen LogP contribution in [0, 0.1) is 0 Å². The van der Waals surface area contributed by atoms with E-state index in [-0.39, 0.29) is 0 Å². The summed E-state index contributed by atoms with van der Waals surface area (Å²) >= 11 is 0. The predicted octanol–water partition coefficient (Wildman–Crippen LogP) is 1.92. The van der Waals surface area contributed by atoms with Crippen molar-refractivity contribution in [3.8, 4) is 0 Å². The van der Waals surface area contributed by atoms with Crippen LogP contribution in [0.5, 0.6) is 0 Å². The zero-order chi connectivity index (χ0) is 12.7. The monoisotopic (exact) mass is 235 g/mol. The van der Waals surface area contributed by atoms with Gasteiger partial charge in [0.25, 0.3) is 0 Å². The molecule has 7 nitrogen and oxygen atoms in total. The molecular weight excluding hydrogens is 222 g/mol. The Morgan fingerprint density at radius 3 is 3.18 bits per heavy atom. The number of nitrogens with zero attached hydrogens (tertiary/aromatic N) is 5. The molecular formula is C10H13N5O2. The van der Waals surface area contributed by atoms with Gasteiger partial charge in [0, 0.05) is 24.1 Å². The lowest BCUT2D eigenvalue weighted by atomic mass is 10.2. The minimum atomic E-state index is -0.431. The van der Waals surface area contributed by atoms with Crippen molar-refractivity contribution in [2.75, 3.05) is 13.7 Å². The largest absolute Gasteiger partial charge is 0.464 e. The third kappa shape index (κ3) is 3.35. The Morgan fingerprint density at radius 1 is 1.76 bits per heavy atom. The minimum absolute atomic E-state index is 0.390. The highest BCUT2D eigenvalue weighted by Crippen LogP contribution is 2.11. The zero-order valence-corrected chi connectivity index (χ0v) is 9.70. The Bertz CT molecular complexity index is 471. The van der Waals surface area contributed by atoms with Crippen LogP contribution in [0.2, 0.25) is 0 Å². The highest BCUT2D eigenvalue weighted by Gasteiger charge is 2.14. The summed E-state index contributed by atoms with van der Waals surface area (Å²) in [5, 5.41) is 7.38. The summed E-state index contributed by atoms with van der Waals surface area (Å²) in [6.07, 6.45) is 5.76. The van der Waals surface area contributed by atoms with Crippen molar-refractivity contribution in [3.05, 3.63) is 34.0 Å². The number of carbonyl (C=O) groups excluding carboxylic acids is 1. The molecule has 7 heteroatoms. The average Bonchev–Trinajstić information content (AvgIpc) is 2.69. The molecule has 0 fully saturated rings. The average molecular weight is 235 g/mol. The van der Waals surface area contributed by atoms with E-state index in [9.17, 15) is 4.79 Å². The van der Waals surface area contributed by atoms with E-state index in [1.807, 2.05) is 6.08 Å². The minimum Gasteiger partial charge on any atom is -0.464 e. The molecule has 0 saturated carbocycles. The van der Waals surface area contributed by atoms with Crippen molar-refractivity contribution in [2.45, 2.75) is 6.42 Å². The fraction of sp³-hybridized carbons (Fsp3) is 0.400. The number of aryl methyl sites for hydroxylation is 1. The van der Waals surface area contributed by atoms with Crippen molar-refractivity contribution in [1.82, 2.24) is 9.78 Å². The maximum absolute atomic E-state index is 11.5. The molecule has 17 heavy (non-hydrogen) atoms. The number of esters is 1. The van der Waals surface area contributed by atoms with Gasteiger partial charge in [0.1, 0.15) is 0 Å². The van der Waals surface area contributed by atoms with Gasteiger partial charge >= 0.3 is 5.97 Å². The Kier molecular flexibility index (Phi) is 4.77. The Hall–Kier alpha value is -2.27. The summed E-state index contributed by atoms with van der Waals surface area (Å²) in [4.78, 5) is 14.1. The van der Waals surface area contributed by atoms with Crippen LogP contribution < -0.4 is 0 Å². The van der Waals surface area contributed by atoms with Gasteiger partial charge in [-0.15, -0.1) is 0 Å². The number of hydrogen-bond donors (Lipinski definition) is 0. The lowest BCUT2D eigenvalue weighted by Crippen LogP contribution is -2.09. The zero-order valence-electron chi connectivity index (χ0n) is 9.70. The molecule has 0 aromatic carbocycles. The molecule has 1 aromatic heterocycles. The molecule has 0 spiro atoms. The second kappa shape index (κ2) is 6.34. The van der Waals surface area contributed by atoms with E-state index in [0.29, 0.717) is 24.2 Å². The van der Waals surface area contributed by atoms with Gasteiger partial charge in [-0.25, -0.2) is 4.79 Å². The van der Waals surface area contributed by atoms with E-state index in [1.165, 1.54) is 11.8 Å². The van der Waals surface area contributed by atoms with Crippen molar-refractivity contribution in [3.63, 3.8) is 0 Å². The second-order valence-electron chi connectivity index (χ2n) is 3.21. The molecule has 0 N–H and O–H groups in total. The normalized spacial score (nSPS) is 10.2. The molecule has 1 heterocycles. The van der Waals surface area contributed by atoms with Gasteiger partial charge in [-0.3, -0.25) is 4.68 Å². The smallest absolute Gasteiger partial charge is 0.356 e. The predicted molar refractivity (Wildman–Crippen MR) is 62.2 cm³/mol. The summed E-state index contributed by atoms with van der Waals surface area (Å²) in [6.45, 7) is 0.390. The SMILES string of the molecule is COC(=O)c1c(C=CCCN=[N+]=[N-])cnn1C. The first-order valence-electron chi connectivity index (χ1n) is 4.98. The van der Waals surface area contributed by atoms with Crippen LogP contribution in [-0.4, -0.2) is 29.4 Å². The van der Waals surface area contributed by atoms with Crippen LogP contribution in [0.4, 0.5) is 0 Å². The summed E-state index contributed by atoms with van der Waals surface area (Å²) in [7, 11) is 2.99. The van der Waals surface area contributed by atoms with Gasteiger partial charge in [0.05, 0.1) is 13.3 Å². The van der Waals surface area contributed by atoms with Crippen molar-refractivity contribution >= 4 is 12.0 Å². The van der Waals surface area contributed by atoms with Gasteiger partial charge in [0.2, 0.25) is 0 Å². The third-order valence-electron chi connectivity index (χ3n) is 2.10. The number of methoxy groups -OCH3 is 1. The number of rotatable bonds is 5. The summed E-state index contributed by atoms with van der Waals surface area (Å²) in [5.41, 5.74) is 9.17. The summed E-state index contributed by atoms with van der Waals surface area (Å²) < 4.78 is 6.12. The summed E-state index contributed by atoms with van der Waals surface area (Å²) in [5.74, 6) is -0.431. The molecule has 0 bridgehead atoms. The van der Waals surface area contributed by atoms with Crippen molar-refractivity contribution in [2.24, 2.45) is 12.2 Å². The topological polar surface area (TPSA) is 92.9 Å². The number of azide groups is 1. The number of ether oxygens (including phenoxy) is 1. The molecule has 1 rings (SSSR count). The van der Waals surface area contributed by atoms with Crippen molar-refractivity contribution in [1.29, 1.82) is 0 Å². The highest BCUT2D eigenvalue weighted by molar-refractivity contribution is 5.91. The Balaban J connectivity index is 2.77. The maximum Gasteiger partial charge on any atom is 0.356 e. The van der Waals surface area contributed by atoms with Crippen LogP contribution in [-0.2, 0) is 11.8 Å². The molecule has 0 aliphatic rings. The van der Waals surface area contributed by atoms with E-state index in [0.717, 1.165) is 0 Å². The van der Waals surface area contributed by atoms with Crippen LogP contribution in [0.25, 0.3) is 16.5 Å². The van der Waals surface area contributed by atoms with E-state index in [2.05, 4.69) is 19.9 Å². The van der Waals surface area contributed by atoms with Crippen LogP contribution >= 0.6 is 0 Å². The molecule has 0 atom stereocenters. The Morgan fingerprint density at radius 2 is 2.53 bits per heavy atom. The maximum atomic E-state index is 11.5. The van der Waals surface area contributed by atoms with Gasteiger partial charge in [-0.1, -0.05) is 17.3 Å². The molecule has 90 valence electrons. The Labute approximate surface area is 98.3 Å². The first-order chi connectivity index (χ1) is 8.20. The molecule has 0 aliphatic heterocycles. The van der Waals surface area contributed by atoms with E-state index < -0.39 is 5.97 Å². The quantitative estimate of drug-likeness (QED) is 0.256. The van der Waals surface area contributed by atoms with E-state index >= 15 is 0 Å². The van der Waals surface area contributed by atoms with Gasteiger partial charge in [0.15, 0.2) is 5.69 Å². The fourth-order valence-electron chi connectivity index (χ4n) is 1.31. The first kappa shape index (κ1) is 12.8. The van der Waals surface area contributed by atoms with Gasteiger partial charge in [-0.05, 0) is 12.0 Å². The lowest BCUT2D eigenvalue weighted by molar-refractivity contribution is 0.0588. The van der Waals surface area contributed by atoms with E-state index in [1.54, 1.807) is 19.3 Å². The first-order valence-corrected chi connectivity index (χ1v) is 4.98. The third-order valence-corrected chi connectivity index (χ3v) is 2.10. The molecule has 0 amide bonds. The van der Waals surface area contributed by atoms with Crippen LogP contribution in [0.1, 0.15) is 22.5 Å². The fourth-order valence-corrected chi connectivity index (χ4v) is 1.31. The number of aromatic nitrogens is 2. The van der Waals surface area contributed by atoms with E-state index in [4.69, 9.17) is 5.53 Å². The van der Waals surface area contributed by atoms with Crippen molar-refractivity contribution < 1.29 is 9.53 Å². The molecule has 0 unspecified atom stereocenters. The molecule has 0 aliphatic carbocycles. The number of carbonyl (C=O) groups is 1. The number of hydrogen-bond acceptors (Lipinski definition) is 4.